The molecule has 0 aliphatic heterocycles. The number of aromatic amines is 1. The van der Waals surface area contributed by atoms with Gasteiger partial charge in [0.2, 0.25) is 41.4 Å². The second kappa shape index (κ2) is 30.5. The number of carbonyl (C=O) groups excluding carboxylic acids is 7. The van der Waals surface area contributed by atoms with Gasteiger partial charge in [-0.1, -0.05) is 116 Å². The zero-order chi connectivity index (χ0) is 56.0. The highest BCUT2D eigenvalue weighted by molar-refractivity contribution is 7.80. The SMILES string of the molecule is C[C@@H](O)[C@H](NC(=O)[C@H](CCCCN)NC(=O)[C@@H](NC(=O)[C@H](Cc1ccccc1)NC(=O)[C@H](Cc1ccccc1)NC(=O)[C@@H](N)CS)[C@@H](C)c1c[nH]c2ccccc12)C(=O)N[C@@H](Cc1ccccc1)C(=O)N[C@@H](CS)C(=O)O. The number of aliphatic carboxylic acids is 1. The molecule has 20 nitrogen and oxygen atoms in total. The van der Waals surface area contributed by atoms with Crippen molar-refractivity contribution in [1.29, 1.82) is 0 Å². The number of rotatable bonds is 30. The topological polar surface area (TPSA) is 329 Å². The lowest BCUT2D eigenvalue weighted by atomic mass is 9.91. The third-order valence-corrected chi connectivity index (χ3v) is 13.7. The van der Waals surface area contributed by atoms with Crippen LogP contribution in [-0.4, -0.2) is 135 Å². The fraction of sp³-hybridized carbons (Fsp3) is 0.382. The summed E-state index contributed by atoms with van der Waals surface area (Å²) in [6.45, 7) is 3.20. The number of H-pyrrole nitrogens is 1. The van der Waals surface area contributed by atoms with Crippen molar-refractivity contribution in [2.45, 2.75) is 113 Å². The molecule has 4 aromatic carbocycles. The lowest BCUT2D eigenvalue weighted by Crippen LogP contribution is -2.62. The number of aliphatic hydroxyl groups excluding tert-OH is 1. The molecule has 22 heteroatoms. The number of carboxylic acids is 1. The number of hydrogen-bond acceptors (Lipinski definition) is 13. The zero-order valence-electron chi connectivity index (χ0n) is 42.9. The maximum atomic E-state index is 15.0. The first-order valence-corrected chi connectivity index (χ1v) is 26.6. The van der Waals surface area contributed by atoms with E-state index in [9.17, 15) is 43.8 Å². The van der Waals surface area contributed by atoms with Gasteiger partial charge in [0.25, 0.3) is 0 Å². The highest BCUT2D eigenvalue weighted by Crippen LogP contribution is 2.28. The van der Waals surface area contributed by atoms with Gasteiger partial charge in [-0.3, -0.25) is 33.6 Å². The van der Waals surface area contributed by atoms with Crippen LogP contribution in [0.25, 0.3) is 10.9 Å². The van der Waals surface area contributed by atoms with Crippen LogP contribution in [0.2, 0.25) is 0 Å². The molecule has 0 unspecified atom stereocenters. The van der Waals surface area contributed by atoms with Gasteiger partial charge in [0.05, 0.1) is 12.1 Å². The van der Waals surface area contributed by atoms with Gasteiger partial charge in [-0.25, -0.2) is 4.79 Å². The molecule has 5 aromatic rings. The minimum absolute atomic E-state index is 0.000562. The average molecular weight is 1100 g/mol. The van der Waals surface area contributed by atoms with E-state index in [-0.39, 0.29) is 43.7 Å². The standard InChI is InChI=1S/C55H70N10O10S2/c1-32(38-29-58-40-23-13-12-22-37(38)40)46(64-52(71)44(28-36-20-10-5-11-21-36)61-50(69)42(60-48(67)39(57)30-76)26-34-16-6-3-7-17-34)53(72)59-41(24-14-15-25-56)49(68)65-47(33(2)66)54(73)62-43(27-35-18-8-4-9-19-35)51(70)63-45(31-77)55(74)75/h3-13,16-23,29,32-33,39,41-47,58,66,76-77H,14-15,24-28,30-31,56-57H2,1-2H3,(H,59,72)(H,60,67)(H,61,69)(H,62,73)(H,63,70)(H,64,71)(H,65,68)(H,74,75)/t32-,33+,39-,41-,42-,43-,44-,45-,46-,47-/m0/s1. The van der Waals surface area contributed by atoms with Gasteiger partial charge in [0.1, 0.15) is 42.3 Å². The third kappa shape index (κ3) is 18.2. The van der Waals surface area contributed by atoms with Crippen LogP contribution in [0.5, 0.6) is 0 Å². The molecule has 0 saturated heterocycles. The number of nitrogens with one attached hydrogen (secondary N) is 8. The number of unbranched alkanes of at least 4 members (excludes halogenated alkanes) is 1. The molecule has 1 heterocycles. The smallest absolute Gasteiger partial charge is 0.327 e. The Bertz CT molecular complexity index is 2750. The van der Waals surface area contributed by atoms with E-state index in [1.807, 2.05) is 24.3 Å². The number of aromatic nitrogens is 1. The predicted molar refractivity (Wildman–Crippen MR) is 299 cm³/mol. The van der Waals surface area contributed by atoms with E-state index in [1.54, 1.807) is 104 Å². The molecule has 14 N–H and O–H groups in total. The van der Waals surface area contributed by atoms with E-state index in [1.165, 1.54) is 6.92 Å². The average Bonchev–Trinajstić information content (AvgIpc) is 3.87. The van der Waals surface area contributed by atoms with Crippen LogP contribution in [0.1, 0.15) is 61.3 Å². The van der Waals surface area contributed by atoms with Crippen molar-refractivity contribution in [3.05, 3.63) is 144 Å². The highest BCUT2D eigenvalue weighted by atomic mass is 32.1. The number of carbonyl (C=O) groups is 8. The van der Waals surface area contributed by atoms with E-state index < -0.39 is 108 Å². The lowest BCUT2D eigenvalue weighted by molar-refractivity contribution is -0.141. The molecule has 77 heavy (non-hydrogen) atoms. The minimum Gasteiger partial charge on any atom is -0.480 e. The summed E-state index contributed by atoms with van der Waals surface area (Å²) in [5.74, 6) is -8.11. The van der Waals surface area contributed by atoms with Crippen molar-refractivity contribution < 1.29 is 48.6 Å². The zero-order valence-corrected chi connectivity index (χ0v) is 44.7. The fourth-order valence-corrected chi connectivity index (χ4v) is 8.95. The van der Waals surface area contributed by atoms with Gasteiger partial charge in [0.15, 0.2) is 0 Å². The molecule has 1 aromatic heterocycles. The Morgan fingerprint density at radius 2 is 0.935 bits per heavy atom. The van der Waals surface area contributed by atoms with Gasteiger partial charge in [-0.2, -0.15) is 25.3 Å². The Balaban J connectivity index is 1.47. The van der Waals surface area contributed by atoms with Crippen LogP contribution in [-0.2, 0) is 57.6 Å². The first-order valence-electron chi connectivity index (χ1n) is 25.3. The molecule has 0 aliphatic rings. The first kappa shape index (κ1) is 60.6. The summed E-state index contributed by atoms with van der Waals surface area (Å²) in [6.07, 6.45) is 0.778. The summed E-state index contributed by atoms with van der Waals surface area (Å²) in [5.41, 5.74) is 15.2. The van der Waals surface area contributed by atoms with Crippen LogP contribution in [0.4, 0.5) is 0 Å². The number of aliphatic hydroxyl groups is 1. The van der Waals surface area contributed by atoms with Gasteiger partial charge in [-0.05, 0) is 61.1 Å². The number of para-hydroxylation sites is 1. The predicted octanol–water partition coefficient (Wildman–Crippen LogP) is 1.17. The first-order chi connectivity index (χ1) is 36.9. The molecule has 0 fully saturated rings. The van der Waals surface area contributed by atoms with Gasteiger partial charge < -0.3 is 63.9 Å². The summed E-state index contributed by atoms with van der Waals surface area (Å²) >= 11 is 8.18. The molecule has 0 bridgehead atoms. The Hall–Kier alpha value is -7.24. The van der Waals surface area contributed by atoms with Crippen molar-refractivity contribution in [2.24, 2.45) is 11.5 Å². The number of amides is 7. The van der Waals surface area contributed by atoms with Crippen molar-refractivity contribution in [2.75, 3.05) is 18.1 Å². The van der Waals surface area contributed by atoms with Crippen LogP contribution in [0.15, 0.2) is 121 Å². The summed E-state index contributed by atoms with van der Waals surface area (Å²) in [4.78, 5) is 115. The molecular weight excluding hydrogens is 1020 g/mol. The minimum atomic E-state index is -1.70. The largest absolute Gasteiger partial charge is 0.480 e. The molecule has 10 atom stereocenters. The van der Waals surface area contributed by atoms with E-state index in [4.69, 9.17) is 11.5 Å². The number of hydrogen-bond donors (Lipinski definition) is 14. The molecule has 0 aliphatic carbocycles. The molecule has 0 radical (unpaired) electrons. The van der Waals surface area contributed by atoms with Gasteiger partial charge in [0, 0.05) is 53.8 Å². The Kier molecular flexibility index (Phi) is 24.0. The van der Waals surface area contributed by atoms with E-state index in [0.29, 0.717) is 35.1 Å². The maximum Gasteiger partial charge on any atom is 0.327 e. The summed E-state index contributed by atoms with van der Waals surface area (Å²) < 4.78 is 0. The second-order valence-corrected chi connectivity index (χ2v) is 19.5. The third-order valence-electron chi connectivity index (χ3n) is 12.9. The van der Waals surface area contributed by atoms with Crippen molar-refractivity contribution in [3.8, 4) is 0 Å². The summed E-state index contributed by atoms with van der Waals surface area (Å²) in [7, 11) is 0. The van der Waals surface area contributed by atoms with E-state index in [2.05, 4.69) is 67.5 Å². The highest BCUT2D eigenvalue weighted by Gasteiger charge is 2.38. The molecule has 7 amide bonds. The van der Waals surface area contributed by atoms with E-state index >= 15 is 4.79 Å². The van der Waals surface area contributed by atoms with Crippen LogP contribution < -0.4 is 48.7 Å². The Morgan fingerprint density at radius 3 is 1.42 bits per heavy atom. The number of fused-ring (bicyclic) bond motifs is 1. The number of benzene rings is 4. The summed E-state index contributed by atoms with van der Waals surface area (Å²) in [5, 5.41) is 40.0. The van der Waals surface area contributed by atoms with Crippen LogP contribution in [0.3, 0.4) is 0 Å². The van der Waals surface area contributed by atoms with Crippen LogP contribution in [0, 0.1) is 0 Å². The quantitative estimate of drug-likeness (QED) is 0.0228. The van der Waals surface area contributed by atoms with Crippen LogP contribution >= 0.6 is 25.3 Å². The van der Waals surface area contributed by atoms with Gasteiger partial charge in [-0.15, -0.1) is 0 Å². The molecule has 0 spiro atoms. The number of carboxylic acid groups (broad SMARTS) is 1. The second-order valence-electron chi connectivity index (χ2n) is 18.8. The van der Waals surface area contributed by atoms with E-state index in [0.717, 1.165) is 10.9 Å². The number of nitrogens with two attached hydrogens (primary N) is 2. The maximum absolute atomic E-state index is 15.0. The fourth-order valence-electron chi connectivity index (χ4n) is 8.53. The van der Waals surface area contributed by atoms with Crippen molar-refractivity contribution in [3.63, 3.8) is 0 Å². The Labute approximate surface area is 458 Å². The van der Waals surface area contributed by atoms with Crippen molar-refractivity contribution in [1.82, 2.24) is 42.2 Å². The normalized spacial score (nSPS) is 15.1. The van der Waals surface area contributed by atoms with Gasteiger partial charge >= 0.3 is 5.97 Å². The van der Waals surface area contributed by atoms with Crippen molar-refractivity contribution >= 4 is 83.5 Å². The number of thiol groups is 2. The molecular formula is C55H70N10O10S2. The Morgan fingerprint density at radius 1 is 0.519 bits per heavy atom. The molecule has 5 rings (SSSR count). The molecule has 412 valence electrons. The molecule has 0 saturated carbocycles. The summed E-state index contributed by atoms with van der Waals surface area (Å²) in [6, 6.07) is 22.8. The monoisotopic (exact) mass is 1090 g/mol. The lowest BCUT2D eigenvalue weighted by Gasteiger charge is -2.30.